The van der Waals surface area contributed by atoms with Crippen LogP contribution in [0, 0.1) is 0 Å². The van der Waals surface area contributed by atoms with Crippen molar-refractivity contribution in [3.05, 3.63) is 24.0 Å². The van der Waals surface area contributed by atoms with Gasteiger partial charge in [-0.15, -0.1) is 0 Å². The molecule has 2 rings (SSSR count). The zero-order valence-electron chi connectivity index (χ0n) is 7.12. The van der Waals surface area contributed by atoms with Crippen LogP contribution >= 0.6 is 0 Å². The standard InChI is InChI=1S/C9H11NO3/c11-8(12)5-9(2-4-13-9)7-1-3-10-6-7/h1,3,6,10H,2,4-5H2,(H,11,12). The molecule has 13 heavy (non-hydrogen) atoms. The number of nitrogens with one attached hydrogen (secondary N) is 1. The number of aliphatic carboxylic acids is 1. The molecule has 1 aliphatic rings. The van der Waals surface area contributed by atoms with Crippen LogP contribution in [0.2, 0.25) is 0 Å². The van der Waals surface area contributed by atoms with Crippen molar-refractivity contribution in [2.24, 2.45) is 0 Å². The number of carbonyl (C=O) groups is 1. The van der Waals surface area contributed by atoms with Gasteiger partial charge in [0.05, 0.1) is 13.0 Å². The smallest absolute Gasteiger partial charge is 0.306 e. The molecule has 1 saturated heterocycles. The number of H-pyrrole nitrogens is 1. The second-order valence-corrected chi connectivity index (χ2v) is 3.26. The summed E-state index contributed by atoms with van der Waals surface area (Å²) >= 11 is 0. The summed E-state index contributed by atoms with van der Waals surface area (Å²) in [7, 11) is 0. The van der Waals surface area contributed by atoms with E-state index in [1.165, 1.54) is 0 Å². The van der Waals surface area contributed by atoms with Gasteiger partial charge in [-0.2, -0.15) is 0 Å². The Hall–Kier alpha value is -1.29. The summed E-state index contributed by atoms with van der Waals surface area (Å²) < 4.78 is 5.37. The first-order valence-electron chi connectivity index (χ1n) is 4.22. The molecule has 0 bridgehead atoms. The lowest BCUT2D eigenvalue weighted by molar-refractivity contribution is -0.176. The highest BCUT2D eigenvalue weighted by atomic mass is 16.5. The fourth-order valence-electron chi connectivity index (χ4n) is 1.67. The van der Waals surface area contributed by atoms with E-state index in [2.05, 4.69) is 4.98 Å². The summed E-state index contributed by atoms with van der Waals surface area (Å²) in [6.07, 6.45) is 4.41. The van der Waals surface area contributed by atoms with Crippen molar-refractivity contribution in [1.82, 2.24) is 4.98 Å². The van der Waals surface area contributed by atoms with E-state index < -0.39 is 11.6 Å². The lowest BCUT2D eigenvalue weighted by atomic mass is 9.85. The summed E-state index contributed by atoms with van der Waals surface area (Å²) in [5.41, 5.74) is 0.368. The van der Waals surface area contributed by atoms with Crippen molar-refractivity contribution in [2.75, 3.05) is 6.61 Å². The molecule has 1 aromatic heterocycles. The highest BCUT2D eigenvalue weighted by Crippen LogP contribution is 2.40. The first-order chi connectivity index (χ1) is 6.23. The van der Waals surface area contributed by atoms with E-state index in [4.69, 9.17) is 9.84 Å². The van der Waals surface area contributed by atoms with E-state index >= 15 is 0 Å². The van der Waals surface area contributed by atoms with E-state index in [-0.39, 0.29) is 6.42 Å². The van der Waals surface area contributed by atoms with Gasteiger partial charge < -0.3 is 14.8 Å². The molecular weight excluding hydrogens is 170 g/mol. The van der Waals surface area contributed by atoms with E-state index in [0.29, 0.717) is 6.61 Å². The average Bonchev–Trinajstić information content (AvgIpc) is 2.48. The van der Waals surface area contributed by atoms with Gasteiger partial charge in [-0.25, -0.2) is 0 Å². The minimum Gasteiger partial charge on any atom is -0.481 e. The number of rotatable bonds is 3. The summed E-state index contributed by atoms with van der Waals surface area (Å²) in [6.45, 7) is 0.651. The predicted octanol–water partition coefficient (Wildman–Crippen LogP) is 1.10. The molecule has 1 aliphatic heterocycles. The van der Waals surface area contributed by atoms with Crippen molar-refractivity contribution in [3.63, 3.8) is 0 Å². The van der Waals surface area contributed by atoms with Crippen LogP contribution in [0.1, 0.15) is 18.4 Å². The van der Waals surface area contributed by atoms with Crippen molar-refractivity contribution in [3.8, 4) is 0 Å². The van der Waals surface area contributed by atoms with Gasteiger partial charge in [0, 0.05) is 24.4 Å². The van der Waals surface area contributed by atoms with Crippen LogP contribution in [0.25, 0.3) is 0 Å². The van der Waals surface area contributed by atoms with Gasteiger partial charge in [0.1, 0.15) is 5.60 Å². The zero-order valence-corrected chi connectivity index (χ0v) is 7.12. The Bertz CT molecular complexity index is 301. The monoisotopic (exact) mass is 181 g/mol. The topological polar surface area (TPSA) is 62.3 Å². The molecule has 2 N–H and O–H groups in total. The van der Waals surface area contributed by atoms with E-state index in [9.17, 15) is 4.79 Å². The van der Waals surface area contributed by atoms with Crippen LogP contribution in [0.15, 0.2) is 18.5 Å². The molecule has 4 heteroatoms. The molecule has 2 heterocycles. The first-order valence-corrected chi connectivity index (χ1v) is 4.22. The summed E-state index contributed by atoms with van der Waals surface area (Å²) in [6, 6.07) is 1.86. The molecule has 0 saturated carbocycles. The second-order valence-electron chi connectivity index (χ2n) is 3.26. The molecule has 0 radical (unpaired) electrons. The number of hydrogen-bond donors (Lipinski definition) is 2. The number of carboxylic acid groups (broad SMARTS) is 1. The number of aromatic nitrogens is 1. The molecule has 1 fully saturated rings. The quantitative estimate of drug-likeness (QED) is 0.734. The number of hydrogen-bond acceptors (Lipinski definition) is 2. The van der Waals surface area contributed by atoms with Crippen molar-refractivity contribution in [2.45, 2.75) is 18.4 Å². The third kappa shape index (κ3) is 1.33. The fraction of sp³-hybridized carbons (Fsp3) is 0.444. The average molecular weight is 181 g/mol. The Morgan fingerprint density at radius 1 is 1.77 bits per heavy atom. The Kier molecular flexibility index (Phi) is 1.84. The second kappa shape index (κ2) is 2.88. The van der Waals surface area contributed by atoms with E-state index in [1.807, 2.05) is 6.07 Å². The van der Waals surface area contributed by atoms with E-state index in [1.54, 1.807) is 12.4 Å². The van der Waals surface area contributed by atoms with Crippen molar-refractivity contribution in [1.29, 1.82) is 0 Å². The van der Waals surface area contributed by atoms with E-state index in [0.717, 1.165) is 12.0 Å². The molecule has 0 aromatic carbocycles. The van der Waals surface area contributed by atoms with Gasteiger partial charge in [-0.1, -0.05) is 0 Å². The van der Waals surface area contributed by atoms with Crippen LogP contribution in [-0.2, 0) is 15.1 Å². The summed E-state index contributed by atoms with van der Waals surface area (Å²) in [4.78, 5) is 13.5. The van der Waals surface area contributed by atoms with Crippen LogP contribution < -0.4 is 0 Å². The SMILES string of the molecule is O=C(O)CC1(c2cc[nH]c2)CCO1. The van der Waals surface area contributed by atoms with Crippen LogP contribution in [-0.4, -0.2) is 22.7 Å². The van der Waals surface area contributed by atoms with Crippen LogP contribution in [0.4, 0.5) is 0 Å². The third-order valence-electron chi connectivity index (χ3n) is 2.45. The van der Waals surface area contributed by atoms with Gasteiger partial charge in [0.15, 0.2) is 0 Å². The molecule has 1 aromatic rings. The highest BCUT2D eigenvalue weighted by Gasteiger charge is 2.42. The third-order valence-corrected chi connectivity index (χ3v) is 2.45. The maximum absolute atomic E-state index is 10.6. The molecular formula is C9H11NO3. The normalized spacial score (nSPS) is 26.8. The molecule has 0 spiro atoms. The molecule has 1 atom stereocenters. The van der Waals surface area contributed by atoms with Gasteiger partial charge in [-0.3, -0.25) is 4.79 Å². The lowest BCUT2D eigenvalue weighted by Crippen LogP contribution is -2.42. The minimum atomic E-state index is -0.819. The van der Waals surface area contributed by atoms with Gasteiger partial charge >= 0.3 is 5.97 Å². The number of ether oxygens (including phenoxy) is 1. The number of aromatic amines is 1. The Balaban J connectivity index is 2.20. The van der Waals surface area contributed by atoms with Gasteiger partial charge in [-0.05, 0) is 6.07 Å². The van der Waals surface area contributed by atoms with Crippen LogP contribution in [0.5, 0.6) is 0 Å². The lowest BCUT2D eigenvalue weighted by Gasteiger charge is -2.40. The minimum absolute atomic E-state index is 0.0465. The van der Waals surface area contributed by atoms with Gasteiger partial charge in [0.25, 0.3) is 0 Å². The maximum Gasteiger partial charge on any atom is 0.306 e. The highest BCUT2D eigenvalue weighted by molar-refractivity contribution is 5.68. The molecule has 70 valence electrons. The zero-order chi connectivity index (χ0) is 9.31. The molecule has 1 unspecified atom stereocenters. The van der Waals surface area contributed by atoms with Gasteiger partial charge in [0.2, 0.25) is 0 Å². The first kappa shape index (κ1) is 8.31. The summed E-state index contributed by atoms with van der Waals surface area (Å²) in [5, 5.41) is 8.72. The Morgan fingerprint density at radius 3 is 2.92 bits per heavy atom. The molecule has 0 amide bonds. The molecule has 0 aliphatic carbocycles. The Morgan fingerprint density at radius 2 is 2.54 bits per heavy atom. The molecule has 4 nitrogen and oxygen atoms in total. The summed E-state index contributed by atoms with van der Waals surface area (Å²) in [5.74, 6) is -0.819. The largest absolute Gasteiger partial charge is 0.481 e. The number of carboxylic acids is 1. The van der Waals surface area contributed by atoms with Crippen LogP contribution in [0.3, 0.4) is 0 Å². The fourth-order valence-corrected chi connectivity index (χ4v) is 1.67. The predicted molar refractivity (Wildman–Crippen MR) is 45.3 cm³/mol. The Labute approximate surface area is 75.5 Å². The van der Waals surface area contributed by atoms with Crippen molar-refractivity contribution >= 4 is 5.97 Å². The maximum atomic E-state index is 10.6. The van der Waals surface area contributed by atoms with Crippen molar-refractivity contribution < 1.29 is 14.6 Å².